The molecule has 0 aliphatic rings. The summed E-state index contributed by atoms with van der Waals surface area (Å²) >= 11 is 0. The summed E-state index contributed by atoms with van der Waals surface area (Å²) in [6.07, 6.45) is 0. The minimum Gasteiger partial charge on any atom is -0.399 e. The summed E-state index contributed by atoms with van der Waals surface area (Å²) in [6, 6.07) is 16.2. The summed E-state index contributed by atoms with van der Waals surface area (Å²) in [5.74, 6) is 0. The second kappa shape index (κ2) is 5.51. The van der Waals surface area contributed by atoms with Crippen LogP contribution in [0.5, 0.6) is 0 Å². The maximum absolute atomic E-state index is 5.64. The van der Waals surface area contributed by atoms with Crippen LogP contribution in [0.1, 0.15) is 16.7 Å². The Labute approximate surface area is 102 Å². The van der Waals surface area contributed by atoms with E-state index < -0.39 is 0 Å². The van der Waals surface area contributed by atoms with Gasteiger partial charge < -0.3 is 10.5 Å². The maximum Gasteiger partial charge on any atom is 0.0721 e. The number of hydrogen-bond donors (Lipinski definition) is 1. The zero-order valence-corrected chi connectivity index (χ0v) is 10.0. The van der Waals surface area contributed by atoms with E-state index in [-0.39, 0.29) is 0 Å². The minimum atomic E-state index is 0.619. The van der Waals surface area contributed by atoms with Crippen LogP contribution in [-0.2, 0) is 18.0 Å². The molecule has 0 atom stereocenters. The van der Waals surface area contributed by atoms with Gasteiger partial charge in [-0.25, -0.2) is 0 Å². The zero-order valence-electron chi connectivity index (χ0n) is 10.0. The van der Waals surface area contributed by atoms with Crippen molar-refractivity contribution in [3.8, 4) is 0 Å². The molecule has 2 N–H and O–H groups in total. The Morgan fingerprint density at radius 3 is 1.82 bits per heavy atom. The largest absolute Gasteiger partial charge is 0.399 e. The summed E-state index contributed by atoms with van der Waals surface area (Å²) in [4.78, 5) is 0. The third-order valence-electron chi connectivity index (χ3n) is 2.64. The number of aryl methyl sites for hydroxylation is 1. The van der Waals surface area contributed by atoms with Crippen LogP contribution < -0.4 is 5.73 Å². The van der Waals surface area contributed by atoms with Crippen LogP contribution in [-0.4, -0.2) is 0 Å². The molecule has 0 saturated heterocycles. The molecule has 0 aliphatic heterocycles. The highest BCUT2D eigenvalue weighted by atomic mass is 16.5. The van der Waals surface area contributed by atoms with Gasteiger partial charge in [0.15, 0.2) is 0 Å². The second-order valence-electron chi connectivity index (χ2n) is 4.22. The van der Waals surface area contributed by atoms with E-state index in [1.54, 1.807) is 0 Å². The second-order valence-corrected chi connectivity index (χ2v) is 4.22. The van der Waals surface area contributed by atoms with Crippen molar-refractivity contribution in [1.82, 2.24) is 0 Å². The first-order valence-corrected chi connectivity index (χ1v) is 5.72. The molecule has 0 saturated carbocycles. The quantitative estimate of drug-likeness (QED) is 0.813. The van der Waals surface area contributed by atoms with E-state index in [9.17, 15) is 0 Å². The Bertz CT molecular complexity index is 414. The van der Waals surface area contributed by atoms with E-state index >= 15 is 0 Å². The van der Waals surface area contributed by atoms with Crippen LogP contribution in [0.2, 0.25) is 0 Å². The fourth-order valence-electron chi connectivity index (χ4n) is 1.58. The molecule has 0 heterocycles. The van der Waals surface area contributed by atoms with Crippen molar-refractivity contribution in [2.45, 2.75) is 20.1 Å². The van der Waals surface area contributed by atoms with E-state index in [2.05, 4.69) is 31.2 Å². The first-order chi connectivity index (χ1) is 8.24. The Hall–Kier alpha value is -1.80. The van der Waals surface area contributed by atoms with Gasteiger partial charge in [0.05, 0.1) is 13.2 Å². The molecule has 0 bridgehead atoms. The molecule has 0 aliphatic carbocycles. The van der Waals surface area contributed by atoms with Gasteiger partial charge in [-0.15, -0.1) is 0 Å². The minimum absolute atomic E-state index is 0.619. The predicted molar refractivity (Wildman–Crippen MR) is 70.5 cm³/mol. The van der Waals surface area contributed by atoms with Gasteiger partial charge in [0.1, 0.15) is 0 Å². The van der Waals surface area contributed by atoms with Crippen LogP contribution in [0.3, 0.4) is 0 Å². The summed E-state index contributed by atoms with van der Waals surface area (Å²) < 4.78 is 5.64. The number of anilines is 1. The molecule has 0 spiro atoms. The standard InChI is InChI=1S/C15H17NO/c1-12-2-4-13(5-3-12)10-17-11-14-6-8-15(16)9-7-14/h2-9H,10-11,16H2,1H3. The summed E-state index contributed by atoms with van der Waals surface area (Å²) in [6.45, 7) is 3.35. The van der Waals surface area contributed by atoms with E-state index in [0.717, 1.165) is 11.3 Å². The highest BCUT2D eigenvalue weighted by Gasteiger charge is 1.95. The van der Waals surface area contributed by atoms with Gasteiger partial charge in [-0.2, -0.15) is 0 Å². The molecule has 0 radical (unpaired) electrons. The molecule has 2 nitrogen and oxygen atoms in total. The van der Waals surface area contributed by atoms with E-state index in [1.807, 2.05) is 24.3 Å². The third kappa shape index (κ3) is 3.61. The fourth-order valence-corrected chi connectivity index (χ4v) is 1.58. The lowest BCUT2D eigenvalue weighted by molar-refractivity contribution is 0.107. The molecule has 0 aromatic heterocycles. The zero-order chi connectivity index (χ0) is 12.1. The normalized spacial score (nSPS) is 10.4. The molecule has 2 aromatic carbocycles. The molecular formula is C15H17NO. The lowest BCUT2D eigenvalue weighted by Crippen LogP contribution is -1.94. The molecule has 88 valence electrons. The van der Waals surface area contributed by atoms with Crippen molar-refractivity contribution in [3.63, 3.8) is 0 Å². The highest BCUT2D eigenvalue weighted by Crippen LogP contribution is 2.09. The number of rotatable bonds is 4. The molecule has 2 heteroatoms. The summed E-state index contributed by atoms with van der Waals surface area (Å²) in [7, 11) is 0. The van der Waals surface area contributed by atoms with Crippen LogP contribution >= 0.6 is 0 Å². The fraction of sp³-hybridized carbons (Fsp3) is 0.200. The van der Waals surface area contributed by atoms with Crippen molar-refractivity contribution in [2.75, 3.05) is 5.73 Å². The third-order valence-corrected chi connectivity index (χ3v) is 2.64. The maximum atomic E-state index is 5.64. The average molecular weight is 227 g/mol. The first kappa shape index (κ1) is 11.7. The molecule has 2 rings (SSSR count). The SMILES string of the molecule is Cc1ccc(COCc2ccc(N)cc2)cc1. The van der Waals surface area contributed by atoms with Crippen LogP contribution in [0.25, 0.3) is 0 Å². The van der Waals surface area contributed by atoms with E-state index in [0.29, 0.717) is 13.2 Å². The Balaban J connectivity index is 1.83. The summed E-state index contributed by atoms with van der Waals surface area (Å²) in [5, 5.41) is 0. The topological polar surface area (TPSA) is 35.2 Å². The van der Waals surface area contributed by atoms with Gasteiger partial charge >= 0.3 is 0 Å². The smallest absolute Gasteiger partial charge is 0.0721 e. The van der Waals surface area contributed by atoms with Gasteiger partial charge in [-0.1, -0.05) is 42.0 Å². The Kier molecular flexibility index (Phi) is 3.78. The number of benzene rings is 2. The molecule has 0 fully saturated rings. The number of hydrogen-bond acceptors (Lipinski definition) is 2. The summed E-state index contributed by atoms with van der Waals surface area (Å²) in [5.41, 5.74) is 10.0. The highest BCUT2D eigenvalue weighted by molar-refractivity contribution is 5.39. The molecule has 17 heavy (non-hydrogen) atoms. The number of ether oxygens (including phenoxy) is 1. The number of nitrogens with two attached hydrogens (primary N) is 1. The van der Waals surface area contributed by atoms with Crippen molar-refractivity contribution >= 4 is 5.69 Å². The van der Waals surface area contributed by atoms with E-state index in [1.165, 1.54) is 11.1 Å². The van der Waals surface area contributed by atoms with Gasteiger partial charge in [0.25, 0.3) is 0 Å². The lowest BCUT2D eigenvalue weighted by atomic mass is 10.2. The van der Waals surface area contributed by atoms with E-state index in [4.69, 9.17) is 10.5 Å². The van der Waals surface area contributed by atoms with Crippen LogP contribution in [0, 0.1) is 6.92 Å². The Morgan fingerprint density at radius 2 is 1.29 bits per heavy atom. The molecular weight excluding hydrogens is 210 g/mol. The Morgan fingerprint density at radius 1 is 0.824 bits per heavy atom. The van der Waals surface area contributed by atoms with Gasteiger partial charge in [-0.3, -0.25) is 0 Å². The molecule has 0 amide bonds. The number of nitrogen functional groups attached to an aromatic ring is 1. The van der Waals surface area contributed by atoms with Crippen molar-refractivity contribution < 1.29 is 4.74 Å². The average Bonchev–Trinajstić information content (AvgIpc) is 2.34. The molecule has 0 unspecified atom stereocenters. The predicted octanol–water partition coefficient (Wildman–Crippen LogP) is 3.29. The molecule has 2 aromatic rings. The van der Waals surface area contributed by atoms with Gasteiger partial charge in [-0.05, 0) is 30.2 Å². The van der Waals surface area contributed by atoms with Gasteiger partial charge in [0.2, 0.25) is 0 Å². The van der Waals surface area contributed by atoms with Crippen LogP contribution in [0.4, 0.5) is 5.69 Å². The monoisotopic (exact) mass is 227 g/mol. The van der Waals surface area contributed by atoms with Crippen LogP contribution in [0.15, 0.2) is 48.5 Å². The lowest BCUT2D eigenvalue weighted by Gasteiger charge is -2.05. The first-order valence-electron chi connectivity index (χ1n) is 5.72. The van der Waals surface area contributed by atoms with Gasteiger partial charge in [0, 0.05) is 5.69 Å². The van der Waals surface area contributed by atoms with Crippen molar-refractivity contribution in [1.29, 1.82) is 0 Å². The van der Waals surface area contributed by atoms with Crippen molar-refractivity contribution in [3.05, 3.63) is 65.2 Å². The van der Waals surface area contributed by atoms with Crippen molar-refractivity contribution in [2.24, 2.45) is 0 Å².